The topological polar surface area (TPSA) is 56.7 Å². The number of guanidine groups is 1. The summed E-state index contributed by atoms with van der Waals surface area (Å²) in [7, 11) is 0. The van der Waals surface area contributed by atoms with Crippen molar-refractivity contribution in [1.29, 1.82) is 0 Å². The van der Waals surface area contributed by atoms with E-state index in [0.717, 1.165) is 50.3 Å². The van der Waals surface area contributed by atoms with Gasteiger partial charge >= 0.3 is 0 Å². The van der Waals surface area contributed by atoms with E-state index in [0.29, 0.717) is 12.5 Å². The summed E-state index contributed by atoms with van der Waals surface area (Å²) in [5.41, 5.74) is 0.783. The van der Waals surface area contributed by atoms with Crippen molar-refractivity contribution in [3.05, 3.63) is 35.6 Å². The minimum atomic E-state index is -0.128. The number of hydrogen-bond acceptors (Lipinski definition) is 2. The molecule has 0 bridgehead atoms. The van der Waals surface area contributed by atoms with Gasteiger partial charge in [0.25, 0.3) is 0 Å². The van der Waals surface area contributed by atoms with Gasteiger partial charge in [-0.3, -0.25) is 9.79 Å². The van der Waals surface area contributed by atoms with E-state index >= 15 is 0 Å². The van der Waals surface area contributed by atoms with Crippen LogP contribution in [0.1, 0.15) is 63.4 Å². The molecular weight excluding hydrogens is 367 g/mol. The van der Waals surface area contributed by atoms with Crippen molar-refractivity contribution in [2.75, 3.05) is 19.6 Å². The molecule has 1 amide bonds. The predicted molar refractivity (Wildman–Crippen MR) is 113 cm³/mol. The monoisotopic (exact) mass is 400 g/mol. The van der Waals surface area contributed by atoms with Crippen LogP contribution in [0.3, 0.4) is 0 Å². The molecule has 3 aliphatic rings. The first-order valence-corrected chi connectivity index (χ1v) is 11.3. The Hall–Kier alpha value is -2.11. The molecule has 5 nitrogen and oxygen atoms in total. The summed E-state index contributed by atoms with van der Waals surface area (Å²) in [6, 6.07) is 7.47. The zero-order chi connectivity index (χ0) is 20.2. The van der Waals surface area contributed by atoms with Gasteiger partial charge in [-0.2, -0.15) is 0 Å². The second-order valence-corrected chi connectivity index (χ2v) is 8.69. The molecule has 158 valence electrons. The fourth-order valence-corrected chi connectivity index (χ4v) is 4.82. The summed E-state index contributed by atoms with van der Waals surface area (Å²) in [6.45, 7) is 4.27. The van der Waals surface area contributed by atoms with Crippen molar-refractivity contribution >= 4 is 11.9 Å². The number of benzene rings is 1. The highest BCUT2D eigenvalue weighted by Crippen LogP contribution is 2.41. The Bertz CT molecular complexity index is 746. The number of rotatable bonds is 5. The normalized spacial score (nSPS) is 27.7. The third-order valence-corrected chi connectivity index (χ3v) is 6.53. The van der Waals surface area contributed by atoms with E-state index in [4.69, 9.17) is 0 Å². The predicted octanol–water partition coefficient (Wildman–Crippen LogP) is 3.42. The standard InChI is InChI=1S/C23H33FN4O/c1-2-25-23(27-21-14-19(21)18-10-6-7-11-20(18)24)26-17-12-13-28(15-17)22(29)16-8-4-3-5-9-16/h6-7,10-11,16-17,19,21H,2-5,8-9,12-15H2,1H3,(H2,25,26,27). The second-order valence-electron chi connectivity index (χ2n) is 8.69. The smallest absolute Gasteiger partial charge is 0.225 e. The lowest BCUT2D eigenvalue weighted by Crippen LogP contribution is -2.46. The van der Waals surface area contributed by atoms with Gasteiger partial charge in [-0.25, -0.2) is 4.39 Å². The van der Waals surface area contributed by atoms with Crippen LogP contribution in [-0.4, -0.2) is 48.5 Å². The summed E-state index contributed by atoms with van der Waals surface area (Å²) in [4.78, 5) is 19.4. The maximum Gasteiger partial charge on any atom is 0.225 e. The van der Waals surface area contributed by atoms with Crippen LogP contribution >= 0.6 is 0 Å². The summed E-state index contributed by atoms with van der Waals surface area (Å²) in [5.74, 6) is 1.44. The van der Waals surface area contributed by atoms with Gasteiger partial charge in [0.1, 0.15) is 5.82 Å². The van der Waals surface area contributed by atoms with Crippen LogP contribution in [-0.2, 0) is 4.79 Å². The number of nitrogens with zero attached hydrogens (tertiary/aromatic N) is 2. The van der Waals surface area contributed by atoms with Crippen molar-refractivity contribution < 1.29 is 9.18 Å². The van der Waals surface area contributed by atoms with E-state index in [1.54, 1.807) is 6.07 Å². The summed E-state index contributed by atoms with van der Waals surface area (Å²) >= 11 is 0. The van der Waals surface area contributed by atoms with E-state index in [-0.39, 0.29) is 29.7 Å². The number of amides is 1. The molecule has 0 aromatic heterocycles. The van der Waals surface area contributed by atoms with E-state index in [1.165, 1.54) is 25.3 Å². The van der Waals surface area contributed by atoms with Gasteiger partial charge in [-0.15, -0.1) is 0 Å². The molecular formula is C23H33FN4O. The molecule has 3 unspecified atom stereocenters. The molecule has 3 atom stereocenters. The van der Waals surface area contributed by atoms with Crippen molar-refractivity contribution in [3.63, 3.8) is 0 Å². The number of likely N-dealkylation sites (tertiary alicyclic amines) is 1. The highest BCUT2D eigenvalue weighted by Gasteiger charge is 2.41. The maximum atomic E-state index is 14.0. The molecule has 6 heteroatoms. The lowest BCUT2D eigenvalue weighted by atomic mass is 9.88. The number of carbonyl (C=O) groups excluding carboxylic acids is 1. The zero-order valence-corrected chi connectivity index (χ0v) is 17.4. The Morgan fingerprint density at radius 2 is 1.97 bits per heavy atom. The van der Waals surface area contributed by atoms with Crippen LogP contribution in [0.15, 0.2) is 29.3 Å². The van der Waals surface area contributed by atoms with Gasteiger partial charge < -0.3 is 15.5 Å². The van der Waals surface area contributed by atoms with Crippen LogP contribution in [0.4, 0.5) is 4.39 Å². The number of carbonyl (C=O) groups is 1. The molecule has 2 saturated carbocycles. The summed E-state index contributed by atoms with van der Waals surface area (Å²) in [6.07, 6.45) is 7.62. The number of aliphatic imine (C=N–C) groups is 1. The highest BCUT2D eigenvalue weighted by atomic mass is 19.1. The van der Waals surface area contributed by atoms with Crippen molar-refractivity contribution in [2.45, 2.75) is 69.9 Å². The number of hydrogen-bond donors (Lipinski definition) is 2. The molecule has 2 N–H and O–H groups in total. The highest BCUT2D eigenvalue weighted by molar-refractivity contribution is 5.82. The largest absolute Gasteiger partial charge is 0.353 e. The minimum Gasteiger partial charge on any atom is -0.353 e. The van der Waals surface area contributed by atoms with Crippen LogP contribution in [0, 0.1) is 11.7 Å². The van der Waals surface area contributed by atoms with E-state index in [2.05, 4.69) is 15.6 Å². The Morgan fingerprint density at radius 1 is 1.17 bits per heavy atom. The number of nitrogens with one attached hydrogen (secondary N) is 2. The van der Waals surface area contributed by atoms with Crippen LogP contribution in [0.2, 0.25) is 0 Å². The number of halogens is 1. The Balaban J connectivity index is 1.29. The van der Waals surface area contributed by atoms with Gasteiger partial charge in [-0.05, 0) is 44.2 Å². The quantitative estimate of drug-likeness (QED) is 0.588. The molecule has 1 heterocycles. The fraction of sp³-hybridized carbons (Fsp3) is 0.652. The SMILES string of the molecule is CCN=C(NC1CCN(C(=O)C2CCCCC2)C1)NC1CC1c1ccccc1F. The van der Waals surface area contributed by atoms with Gasteiger partial charge in [-0.1, -0.05) is 37.5 Å². The molecule has 29 heavy (non-hydrogen) atoms. The second kappa shape index (κ2) is 9.14. The van der Waals surface area contributed by atoms with E-state index < -0.39 is 0 Å². The fourth-order valence-electron chi connectivity index (χ4n) is 4.82. The molecule has 3 fully saturated rings. The first kappa shape index (κ1) is 20.2. The molecule has 1 aliphatic heterocycles. The lowest BCUT2D eigenvalue weighted by Gasteiger charge is -2.26. The molecule has 4 rings (SSSR count). The van der Waals surface area contributed by atoms with Gasteiger partial charge in [0.2, 0.25) is 5.91 Å². The maximum absolute atomic E-state index is 14.0. The Kier molecular flexibility index (Phi) is 6.36. The summed E-state index contributed by atoms with van der Waals surface area (Å²) < 4.78 is 14.0. The molecule has 0 radical (unpaired) electrons. The van der Waals surface area contributed by atoms with Crippen LogP contribution < -0.4 is 10.6 Å². The van der Waals surface area contributed by atoms with Crippen LogP contribution in [0.25, 0.3) is 0 Å². The average molecular weight is 401 g/mol. The first-order valence-electron chi connectivity index (χ1n) is 11.3. The first-order chi connectivity index (χ1) is 14.2. The Morgan fingerprint density at radius 3 is 2.72 bits per heavy atom. The zero-order valence-electron chi connectivity index (χ0n) is 17.4. The molecule has 1 aromatic rings. The van der Waals surface area contributed by atoms with Gasteiger partial charge in [0, 0.05) is 43.6 Å². The summed E-state index contributed by atoms with van der Waals surface area (Å²) in [5, 5.41) is 6.98. The lowest BCUT2D eigenvalue weighted by molar-refractivity contribution is -0.135. The van der Waals surface area contributed by atoms with Gasteiger partial charge in [0.05, 0.1) is 0 Å². The Labute approximate surface area is 173 Å². The van der Waals surface area contributed by atoms with Crippen molar-refractivity contribution in [3.8, 4) is 0 Å². The molecule has 0 spiro atoms. The van der Waals surface area contributed by atoms with Gasteiger partial charge in [0.15, 0.2) is 5.96 Å². The third kappa shape index (κ3) is 4.90. The molecule has 1 saturated heterocycles. The van der Waals surface area contributed by atoms with Crippen molar-refractivity contribution in [2.24, 2.45) is 10.9 Å². The van der Waals surface area contributed by atoms with Crippen LogP contribution in [0.5, 0.6) is 0 Å². The third-order valence-electron chi connectivity index (χ3n) is 6.53. The molecule has 1 aromatic carbocycles. The van der Waals surface area contributed by atoms with E-state index in [1.807, 2.05) is 24.0 Å². The minimum absolute atomic E-state index is 0.128. The average Bonchev–Trinajstić information content (AvgIpc) is 3.33. The molecule has 2 aliphatic carbocycles. The van der Waals surface area contributed by atoms with E-state index in [9.17, 15) is 9.18 Å². The van der Waals surface area contributed by atoms with Crippen molar-refractivity contribution in [1.82, 2.24) is 15.5 Å².